The van der Waals surface area contributed by atoms with Gasteiger partial charge in [0.2, 0.25) is 0 Å². The van der Waals surface area contributed by atoms with Gasteiger partial charge in [0.1, 0.15) is 5.69 Å². The molecule has 0 saturated carbocycles. The van der Waals surface area contributed by atoms with E-state index in [1.807, 2.05) is 0 Å². The van der Waals surface area contributed by atoms with Crippen molar-refractivity contribution in [3.8, 4) is 0 Å². The Morgan fingerprint density at radius 3 is 2.83 bits per heavy atom. The molecule has 8 nitrogen and oxygen atoms in total. The second-order valence-corrected chi connectivity index (χ2v) is 3.64. The summed E-state index contributed by atoms with van der Waals surface area (Å²) in [5.74, 6) is -1.19. The highest BCUT2D eigenvalue weighted by molar-refractivity contribution is 5.86. The average molecular weight is 250 g/mol. The number of carbonyl (C=O) groups is 1. The molecule has 2 aromatic heterocycles. The van der Waals surface area contributed by atoms with E-state index in [4.69, 9.17) is 5.11 Å². The van der Waals surface area contributed by atoms with Gasteiger partial charge in [-0.1, -0.05) is 0 Å². The van der Waals surface area contributed by atoms with Crippen LogP contribution in [0.4, 0.5) is 5.69 Å². The number of aromatic carboxylic acids is 1. The van der Waals surface area contributed by atoms with Gasteiger partial charge >= 0.3 is 5.97 Å². The topological polar surface area (TPSA) is 103 Å². The summed E-state index contributed by atoms with van der Waals surface area (Å²) < 4.78 is 3.11. The molecule has 0 aliphatic rings. The fourth-order valence-electron chi connectivity index (χ4n) is 1.60. The monoisotopic (exact) mass is 250 g/mol. The quantitative estimate of drug-likeness (QED) is 0.629. The first-order valence-corrected chi connectivity index (χ1v) is 5.11. The van der Waals surface area contributed by atoms with Gasteiger partial charge < -0.3 is 14.2 Å². The van der Waals surface area contributed by atoms with Crippen LogP contribution in [0.5, 0.6) is 0 Å². The van der Waals surface area contributed by atoms with E-state index in [1.54, 1.807) is 23.3 Å². The minimum Gasteiger partial charge on any atom is -0.477 e. The first-order chi connectivity index (χ1) is 8.58. The number of nitro groups is 1. The predicted octanol–water partition coefficient (Wildman–Crippen LogP) is 0.991. The summed E-state index contributed by atoms with van der Waals surface area (Å²) in [6.45, 7) is 0.817. The number of aromatic nitrogens is 3. The Morgan fingerprint density at radius 1 is 1.50 bits per heavy atom. The molecule has 0 bridgehead atoms. The van der Waals surface area contributed by atoms with E-state index in [9.17, 15) is 14.9 Å². The van der Waals surface area contributed by atoms with Gasteiger partial charge in [0.05, 0.1) is 17.4 Å². The van der Waals surface area contributed by atoms with Gasteiger partial charge in [0.15, 0.2) is 0 Å². The van der Waals surface area contributed by atoms with Crippen LogP contribution in [0.2, 0.25) is 0 Å². The van der Waals surface area contributed by atoms with Crippen molar-refractivity contribution in [3.05, 3.63) is 46.8 Å². The highest BCUT2D eigenvalue weighted by Crippen LogP contribution is 2.16. The molecule has 0 aromatic carbocycles. The molecule has 0 amide bonds. The molecule has 0 fully saturated rings. The molecule has 0 spiro atoms. The maximum Gasteiger partial charge on any atom is 0.352 e. The molecule has 1 N–H and O–H groups in total. The maximum absolute atomic E-state index is 11.0. The van der Waals surface area contributed by atoms with Crippen molar-refractivity contribution in [1.82, 2.24) is 14.1 Å². The van der Waals surface area contributed by atoms with E-state index in [-0.39, 0.29) is 11.4 Å². The van der Waals surface area contributed by atoms with Crippen molar-refractivity contribution >= 4 is 11.7 Å². The number of hydrogen-bond donors (Lipinski definition) is 1. The van der Waals surface area contributed by atoms with Gasteiger partial charge in [-0.05, 0) is 0 Å². The molecule has 2 rings (SSSR count). The van der Waals surface area contributed by atoms with Crippen molar-refractivity contribution in [1.29, 1.82) is 0 Å². The third-order valence-electron chi connectivity index (χ3n) is 2.47. The number of nitrogens with zero attached hydrogens (tertiary/aromatic N) is 4. The molecule has 18 heavy (non-hydrogen) atoms. The normalized spacial score (nSPS) is 10.4. The Labute approximate surface area is 101 Å². The maximum atomic E-state index is 11.0. The second kappa shape index (κ2) is 4.70. The number of carboxylic acid groups (broad SMARTS) is 1. The number of hydrogen-bond acceptors (Lipinski definition) is 4. The largest absolute Gasteiger partial charge is 0.477 e. The zero-order valence-corrected chi connectivity index (χ0v) is 9.26. The fraction of sp³-hybridized carbons (Fsp3) is 0.200. The van der Waals surface area contributed by atoms with Gasteiger partial charge in [-0.15, -0.1) is 0 Å². The summed E-state index contributed by atoms with van der Waals surface area (Å²) in [6.07, 6.45) is 6.16. The van der Waals surface area contributed by atoms with E-state index in [2.05, 4.69) is 4.98 Å². The van der Waals surface area contributed by atoms with E-state index in [0.717, 1.165) is 6.07 Å². The lowest BCUT2D eigenvalue weighted by atomic mass is 10.4. The van der Waals surface area contributed by atoms with Gasteiger partial charge in [0.25, 0.3) is 5.69 Å². The summed E-state index contributed by atoms with van der Waals surface area (Å²) >= 11 is 0. The lowest BCUT2D eigenvalue weighted by molar-refractivity contribution is -0.384. The van der Waals surface area contributed by atoms with Crippen molar-refractivity contribution in [2.75, 3.05) is 0 Å². The molecule has 2 heterocycles. The summed E-state index contributed by atoms with van der Waals surface area (Å²) in [4.78, 5) is 24.8. The SMILES string of the molecule is O=C(O)c1cc([N+](=O)[O-])cn1CCn1ccnc1. The molecule has 2 aromatic rings. The minimum atomic E-state index is -1.19. The van der Waals surface area contributed by atoms with Gasteiger partial charge in [-0.3, -0.25) is 10.1 Å². The highest BCUT2D eigenvalue weighted by atomic mass is 16.6. The Balaban J connectivity index is 2.20. The van der Waals surface area contributed by atoms with Gasteiger partial charge in [-0.2, -0.15) is 0 Å². The number of aryl methyl sites for hydroxylation is 2. The summed E-state index contributed by atoms with van der Waals surface area (Å²) in [6, 6.07) is 1.05. The Kier molecular flexibility index (Phi) is 3.09. The predicted molar refractivity (Wildman–Crippen MR) is 60.3 cm³/mol. The number of imidazole rings is 1. The van der Waals surface area contributed by atoms with Crippen molar-refractivity contribution in [2.45, 2.75) is 13.1 Å². The van der Waals surface area contributed by atoms with E-state index < -0.39 is 10.9 Å². The Bertz CT molecular complexity index is 573. The van der Waals surface area contributed by atoms with Crippen LogP contribution in [0, 0.1) is 10.1 Å². The zero-order valence-electron chi connectivity index (χ0n) is 9.26. The lowest BCUT2D eigenvalue weighted by Crippen LogP contribution is -2.11. The van der Waals surface area contributed by atoms with Gasteiger partial charge in [-0.25, -0.2) is 9.78 Å². The van der Waals surface area contributed by atoms with Crippen molar-refractivity contribution in [3.63, 3.8) is 0 Å². The first-order valence-electron chi connectivity index (χ1n) is 5.11. The fourth-order valence-corrected chi connectivity index (χ4v) is 1.60. The molecule has 94 valence electrons. The standard InChI is InChI=1S/C10H10N4O4/c15-10(16)9-5-8(14(17)18)6-13(9)4-3-12-2-1-11-7-12/h1-2,5-7H,3-4H2,(H,15,16). The summed E-state index contributed by atoms with van der Waals surface area (Å²) in [7, 11) is 0. The molecule has 0 aliphatic heterocycles. The molecular weight excluding hydrogens is 240 g/mol. The van der Waals surface area contributed by atoms with Crippen molar-refractivity contribution < 1.29 is 14.8 Å². The van der Waals surface area contributed by atoms with Crippen LogP contribution in [0.3, 0.4) is 0 Å². The van der Waals surface area contributed by atoms with E-state index in [1.165, 1.54) is 10.8 Å². The van der Waals surface area contributed by atoms with Crippen molar-refractivity contribution in [2.24, 2.45) is 0 Å². The molecule has 0 aliphatic carbocycles. The van der Waals surface area contributed by atoms with Crippen LogP contribution < -0.4 is 0 Å². The Morgan fingerprint density at radius 2 is 2.28 bits per heavy atom. The Hall–Kier alpha value is -2.64. The third kappa shape index (κ3) is 2.37. The van der Waals surface area contributed by atoms with Crippen LogP contribution in [-0.4, -0.2) is 30.1 Å². The third-order valence-corrected chi connectivity index (χ3v) is 2.47. The van der Waals surface area contributed by atoms with Crippen LogP contribution in [0.15, 0.2) is 31.0 Å². The smallest absolute Gasteiger partial charge is 0.352 e. The number of carboxylic acids is 1. The van der Waals surface area contributed by atoms with Crippen LogP contribution in [-0.2, 0) is 13.1 Å². The first kappa shape index (κ1) is 11.8. The van der Waals surface area contributed by atoms with E-state index in [0.29, 0.717) is 13.1 Å². The minimum absolute atomic E-state index is 0.0955. The summed E-state index contributed by atoms with van der Waals surface area (Å²) in [5, 5.41) is 19.6. The molecule has 0 atom stereocenters. The molecule has 8 heteroatoms. The average Bonchev–Trinajstić information content (AvgIpc) is 2.95. The molecule has 0 unspecified atom stereocenters. The molecule has 0 radical (unpaired) electrons. The number of rotatable bonds is 5. The van der Waals surface area contributed by atoms with Gasteiger partial charge in [0, 0.05) is 31.5 Å². The molecular formula is C10H10N4O4. The van der Waals surface area contributed by atoms with Crippen LogP contribution in [0.1, 0.15) is 10.5 Å². The summed E-state index contributed by atoms with van der Waals surface area (Å²) in [5.41, 5.74) is -0.320. The van der Waals surface area contributed by atoms with Crippen LogP contribution in [0.25, 0.3) is 0 Å². The van der Waals surface area contributed by atoms with Crippen LogP contribution >= 0.6 is 0 Å². The van der Waals surface area contributed by atoms with E-state index >= 15 is 0 Å². The highest BCUT2D eigenvalue weighted by Gasteiger charge is 2.18. The second-order valence-electron chi connectivity index (χ2n) is 3.64. The lowest BCUT2D eigenvalue weighted by Gasteiger charge is -2.05. The zero-order chi connectivity index (χ0) is 13.1. The molecule has 0 saturated heterocycles.